The first kappa shape index (κ1) is 16.4. The van der Waals surface area contributed by atoms with E-state index in [-0.39, 0.29) is 23.3 Å². The first-order valence-corrected chi connectivity index (χ1v) is 9.31. The van der Waals surface area contributed by atoms with E-state index in [9.17, 15) is 9.59 Å². The number of methoxy groups -OCH3 is 1. The zero-order chi connectivity index (χ0) is 17.4. The van der Waals surface area contributed by atoms with Gasteiger partial charge in [-0.1, -0.05) is 24.3 Å². The average Bonchev–Trinajstić information content (AvgIpc) is 3.56. The molecule has 2 amide bonds. The number of esters is 1. The number of amides is 2. The summed E-state index contributed by atoms with van der Waals surface area (Å²) in [4.78, 5) is 25.9. The van der Waals surface area contributed by atoms with Gasteiger partial charge in [-0.25, -0.2) is 4.79 Å². The van der Waals surface area contributed by atoms with E-state index in [1.54, 1.807) is 0 Å². The Morgan fingerprint density at radius 2 is 1.88 bits per heavy atom. The Labute approximate surface area is 148 Å². The van der Waals surface area contributed by atoms with E-state index in [0.717, 1.165) is 43.8 Å². The fourth-order valence-corrected chi connectivity index (χ4v) is 4.14. The summed E-state index contributed by atoms with van der Waals surface area (Å²) < 4.78 is 4.86. The molecule has 1 spiro atoms. The van der Waals surface area contributed by atoms with Crippen molar-refractivity contribution in [1.82, 2.24) is 10.2 Å². The summed E-state index contributed by atoms with van der Waals surface area (Å²) in [7, 11) is 1.45. The number of rotatable bonds is 4. The highest BCUT2D eigenvalue weighted by molar-refractivity contribution is 5.77. The summed E-state index contributed by atoms with van der Waals surface area (Å²) in [6.45, 7) is 2.01. The van der Waals surface area contributed by atoms with Gasteiger partial charge < -0.3 is 15.0 Å². The molecule has 1 aliphatic heterocycles. The Bertz CT molecular complexity index is 658. The lowest BCUT2D eigenvalue weighted by molar-refractivity contribution is -0.143. The van der Waals surface area contributed by atoms with Gasteiger partial charge in [0.2, 0.25) is 0 Å². The number of hydrogen-bond donors (Lipinski definition) is 1. The third kappa shape index (κ3) is 3.37. The van der Waals surface area contributed by atoms with Crippen LogP contribution in [0.4, 0.5) is 4.79 Å². The zero-order valence-electron chi connectivity index (χ0n) is 14.8. The Morgan fingerprint density at radius 1 is 1.20 bits per heavy atom. The van der Waals surface area contributed by atoms with Crippen molar-refractivity contribution in [3.63, 3.8) is 0 Å². The fourth-order valence-electron chi connectivity index (χ4n) is 4.14. The standard InChI is InChI=1S/C20H26N2O3/c1-25-18(23)17-12-20(17)8-10-22(11-9-20)19(24)21-13-14-2-4-15(5-3-14)16-6-7-16/h2-5,16-17H,6-13H2,1H3,(H,21,24). The maximum Gasteiger partial charge on any atom is 0.317 e. The third-order valence-electron chi connectivity index (χ3n) is 6.19. The van der Waals surface area contributed by atoms with Crippen LogP contribution in [0.5, 0.6) is 0 Å². The van der Waals surface area contributed by atoms with Gasteiger partial charge in [0.25, 0.3) is 0 Å². The molecule has 0 aromatic heterocycles. The number of benzene rings is 1. The molecular weight excluding hydrogens is 316 g/mol. The smallest absolute Gasteiger partial charge is 0.317 e. The van der Waals surface area contributed by atoms with Gasteiger partial charge in [-0.15, -0.1) is 0 Å². The molecule has 25 heavy (non-hydrogen) atoms. The van der Waals surface area contributed by atoms with E-state index >= 15 is 0 Å². The molecule has 1 aromatic rings. The molecule has 4 rings (SSSR count). The minimum atomic E-state index is -0.0902. The first-order chi connectivity index (χ1) is 12.1. The van der Waals surface area contributed by atoms with Crippen LogP contribution in [0.2, 0.25) is 0 Å². The largest absolute Gasteiger partial charge is 0.469 e. The number of carbonyl (C=O) groups excluding carboxylic acids is 2. The van der Waals surface area contributed by atoms with Crippen LogP contribution < -0.4 is 5.32 Å². The topological polar surface area (TPSA) is 58.6 Å². The number of ether oxygens (including phenoxy) is 1. The zero-order valence-corrected chi connectivity index (χ0v) is 14.8. The summed E-state index contributed by atoms with van der Waals surface area (Å²) in [5, 5.41) is 3.02. The number of likely N-dealkylation sites (tertiary alicyclic amines) is 1. The van der Waals surface area contributed by atoms with Crippen LogP contribution in [0.3, 0.4) is 0 Å². The number of nitrogens with one attached hydrogen (secondary N) is 1. The van der Waals surface area contributed by atoms with Gasteiger partial charge in [0.05, 0.1) is 13.0 Å². The van der Waals surface area contributed by atoms with E-state index < -0.39 is 0 Å². The summed E-state index contributed by atoms with van der Waals surface area (Å²) in [5.41, 5.74) is 2.66. The Hall–Kier alpha value is -2.04. The van der Waals surface area contributed by atoms with E-state index in [2.05, 4.69) is 29.6 Å². The second-order valence-electron chi connectivity index (χ2n) is 7.80. The van der Waals surface area contributed by atoms with Crippen LogP contribution in [0, 0.1) is 11.3 Å². The highest BCUT2D eigenvalue weighted by Gasteiger charge is 2.59. The number of carbonyl (C=O) groups is 2. The van der Waals surface area contributed by atoms with Crippen molar-refractivity contribution >= 4 is 12.0 Å². The second kappa shape index (κ2) is 6.36. The lowest BCUT2D eigenvalue weighted by Gasteiger charge is -2.32. The maximum atomic E-state index is 12.4. The summed E-state index contributed by atoms with van der Waals surface area (Å²) in [5.74, 6) is 0.723. The molecule has 1 atom stereocenters. The average molecular weight is 342 g/mol. The van der Waals surface area contributed by atoms with Crippen molar-refractivity contribution in [1.29, 1.82) is 0 Å². The molecule has 134 valence electrons. The van der Waals surface area contributed by atoms with Gasteiger partial charge in [-0.2, -0.15) is 0 Å². The quantitative estimate of drug-likeness (QED) is 0.856. The van der Waals surface area contributed by atoms with Gasteiger partial charge >= 0.3 is 12.0 Å². The normalized spacial score (nSPS) is 24.0. The highest BCUT2D eigenvalue weighted by Crippen LogP contribution is 2.59. The van der Waals surface area contributed by atoms with Crippen LogP contribution >= 0.6 is 0 Å². The van der Waals surface area contributed by atoms with Crippen LogP contribution in [-0.4, -0.2) is 37.1 Å². The number of urea groups is 1. The molecule has 5 heteroatoms. The predicted molar refractivity (Wildman–Crippen MR) is 94.0 cm³/mol. The molecule has 1 N–H and O–H groups in total. The molecule has 5 nitrogen and oxygen atoms in total. The van der Waals surface area contributed by atoms with Crippen LogP contribution in [0.25, 0.3) is 0 Å². The highest BCUT2D eigenvalue weighted by atomic mass is 16.5. The third-order valence-corrected chi connectivity index (χ3v) is 6.19. The van der Waals surface area contributed by atoms with Gasteiger partial charge in [0.1, 0.15) is 0 Å². The second-order valence-corrected chi connectivity index (χ2v) is 7.80. The lowest BCUT2D eigenvalue weighted by Crippen LogP contribution is -2.45. The summed E-state index contributed by atoms with van der Waals surface area (Å²) >= 11 is 0. The Balaban J connectivity index is 1.23. The minimum absolute atomic E-state index is 0.00334. The molecule has 1 heterocycles. The summed E-state index contributed by atoms with van der Waals surface area (Å²) in [6, 6.07) is 8.60. The van der Waals surface area contributed by atoms with Gasteiger partial charge in [0.15, 0.2) is 0 Å². The molecule has 2 saturated carbocycles. The van der Waals surface area contributed by atoms with Crippen molar-refractivity contribution in [2.75, 3.05) is 20.2 Å². The van der Waals surface area contributed by atoms with E-state index in [0.29, 0.717) is 6.54 Å². The van der Waals surface area contributed by atoms with E-state index in [1.165, 1.54) is 25.5 Å². The van der Waals surface area contributed by atoms with Crippen molar-refractivity contribution in [2.24, 2.45) is 11.3 Å². The van der Waals surface area contributed by atoms with Crippen molar-refractivity contribution < 1.29 is 14.3 Å². The molecule has 1 saturated heterocycles. The monoisotopic (exact) mass is 342 g/mol. The van der Waals surface area contributed by atoms with Crippen molar-refractivity contribution in [3.05, 3.63) is 35.4 Å². The molecule has 0 radical (unpaired) electrons. The number of nitrogens with zero attached hydrogens (tertiary/aromatic N) is 1. The Morgan fingerprint density at radius 3 is 2.48 bits per heavy atom. The molecular formula is C20H26N2O3. The van der Waals surface area contributed by atoms with Crippen molar-refractivity contribution in [3.8, 4) is 0 Å². The maximum absolute atomic E-state index is 12.4. The van der Waals surface area contributed by atoms with Crippen molar-refractivity contribution in [2.45, 2.75) is 44.6 Å². The number of hydrogen-bond acceptors (Lipinski definition) is 3. The first-order valence-electron chi connectivity index (χ1n) is 9.31. The molecule has 2 aliphatic carbocycles. The van der Waals surface area contributed by atoms with E-state index in [4.69, 9.17) is 4.74 Å². The fraction of sp³-hybridized carbons (Fsp3) is 0.600. The SMILES string of the molecule is COC(=O)C1CC12CCN(C(=O)NCc1ccc(C3CC3)cc1)CC2. The van der Waals surface area contributed by atoms with Gasteiger partial charge in [0, 0.05) is 19.6 Å². The van der Waals surface area contributed by atoms with Gasteiger partial charge in [-0.05, 0) is 54.6 Å². The predicted octanol–water partition coefficient (Wildman–Crippen LogP) is 3.05. The Kier molecular flexibility index (Phi) is 4.18. The van der Waals surface area contributed by atoms with Crippen LogP contribution in [0.15, 0.2) is 24.3 Å². The van der Waals surface area contributed by atoms with Crippen LogP contribution in [0.1, 0.15) is 49.1 Å². The minimum Gasteiger partial charge on any atom is -0.469 e. The lowest BCUT2D eigenvalue weighted by atomic mass is 9.91. The molecule has 0 bridgehead atoms. The summed E-state index contributed by atoms with van der Waals surface area (Å²) in [6.07, 6.45) is 5.34. The van der Waals surface area contributed by atoms with Gasteiger partial charge in [-0.3, -0.25) is 4.79 Å². The molecule has 3 aliphatic rings. The molecule has 1 aromatic carbocycles. The molecule has 1 unspecified atom stereocenters. The van der Waals surface area contributed by atoms with Crippen LogP contribution in [-0.2, 0) is 16.1 Å². The molecule has 3 fully saturated rings. The van der Waals surface area contributed by atoms with E-state index in [1.807, 2.05) is 4.90 Å². The number of piperidine rings is 1.